The molecule has 2 aromatic carbocycles. The van der Waals surface area contributed by atoms with Gasteiger partial charge >= 0.3 is 5.97 Å². The molecule has 2 aromatic rings. The Balaban J connectivity index is 1.90. The van der Waals surface area contributed by atoms with Gasteiger partial charge in [0.2, 0.25) is 0 Å². The van der Waals surface area contributed by atoms with E-state index in [9.17, 15) is 14.4 Å². The van der Waals surface area contributed by atoms with Crippen molar-refractivity contribution in [3.05, 3.63) is 51.0 Å². The third-order valence-electron chi connectivity index (χ3n) is 3.98. The van der Waals surface area contributed by atoms with Crippen LogP contribution < -0.4 is 20.1 Å². The summed E-state index contributed by atoms with van der Waals surface area (Å²) in [4.78, 5) is 36.5. The number of halogens is 3. The maximum Gasteiger partial charge on any atom is 0.326 e. The predicted molar refractivity (Wildman–Crippen MR) is 118 cm³/mol. The molecule has 2 amide bonds. The van der Waals surface area contributed by atoms with Crippen molar-refractivity contribution in [3.8, 4) is 11.5 Å². The highest BCUT2D eigenvalue weighted by Crippen LogP contribution is 2.32. The summed E-state index contributed by atoms with van der Waals surface area (Å²) in [5.41, 5.74) is 0.469. The molecule has 11 heteroatoms. The van der Waals surface area contributed by atoms with Crippen LogP contribution in [0, 0.1) is 0 Å². The SMILES string of the molecule is COc1ccc(C(=O)NCC(=O)O[C@H](C)C(=O)Nc2cc(Cl)c(Cl)cc2Cl)cc1OC. The van der Waals surface area contributed by atoms with Crippen LogP contribution in [0.15, 0.2) is 30.3 Å². The summed E-state index contributed by atoms with van der Waals surface area (Å²) in [7, 11) is 2.91. The number of hydrogen-bond acceptors (Lipinski definition) is 6. The summed E-state index contributed by atoms with van der Waals surface area (Å²) < 4.78 is 15.3. The Hall–Kier alpha value is -2.68. The van der Waals surface area contributed by atoms with Crippen LogP contribution >= 0.6 is 34.8 Å². The predicted octanol–water partition coefficient (Wildman–Crippen LogP) is 3.96. The minimum absolute atomic E-state index is 0.170. The second kappa shape index (κ2) is 11.1. The zero-order valence-electron chi connectivity index (χ0n) is 16.8. The zero-order valence-corrected chi connectivity index (χ0v) is 19.0. The van der Waals surface area contributed by atoms with Gasteiger partial charge in [0.15, 0.2) is 17.6 Å². The van der Waals surface area contributed by atoms with Crippen molar-refractivity contribution in [2.75, 3.05) is 26.1 Å². The Morgan fingerprint density at radius 1 is 0.935 bits per heavy atom. The molecule has 0 saturated heterocycles. The van der Waals surface area contributed by atoms with Gasteiger partial charge < -0.3 is 24.8 Å². The van der Waals surface area contributed by atoms with Crippen LogP contribution in [0.4, 0.5) is 5.69 Å². The van der Waals surface area contributed by atoms with Gasteiger partial charge in [-0.2, -0.15) is 0 Å². The Morgan fingerprint density at radius 3 is 2.23 bits per heavy atom. The van der Waals surface area contributed by atoms with Crippen LogP contribution in [-0.4, -0.2) is 44.7 Å². The number of esters is 1. The second-order valence-electron chi connectivity index (χ2n) is 6.12. The normalized spacial score (nSPS) is 11.3. The number of anilines is 1. The quantitative estimate of drug-likeness (QED) is 0.430. The molecular formula is C20H19Cl3N2O6. The average Bonchev–Trinajstić information content (AvgIpc) is 2.75. The lowest BCUT2D eigenvalue weighted by atomic mass is 10.2. The van der Waals surface area contributed by atoms with E-state index in [0.29, 0.717) is 11.5 Å². The number of hydrogen-bond donors (Lipinski definition) is 2. The van der Waals surface area contributed by atoms with E-state index in [1.165, 1.54) is 45.4 Å². The van der Waals surface area contributed by atoms with Crippen molar-refractivity contribution >= 4 is 58.3 Å². The highest BCUT2D eigenvalue weighted by atomic mass is 35.5. The van der Waals surface area contributed by atoms with Gasteiger partial charge in [-0.15, -0.1) is 0 Å². The molecule has 166 valence electrons. The molecular weight excluding hydrogens is 471 g/mol. The molecule has 8 nitrogen and oxygen atoms in total. The highest BCUT2D eigenvalue weighted by Gasteiger charge is 2.20. The molecule has 0 spiro atoms. The van der Waals surface area contributed by atoms with Crippen LogP contribution in [0.1, 0.15) is 17.3 Å². The number of carbonyl (C=O) groups is 3. The number of methoxy groups -OCH3 is 2. The molecule has 0 heterocycles. The van der Waals surface area contributed by atoms with E-state index in [4.69, 9.17) is 49.0 Å². The first-order chi connectivity index (χ1) is 14.7. The fourth-order valence-corrected chi connectivity index (χ4v) is 2.97. The first-order valence-electron chi connectivity index (χ1n) is 8.81. The number of rotatable bonds is 8. The molecule has 0 aliphatic rings. The van der Waals surface area contributed by atoms with Gasteiger partial charge in [0.05, 0.1) is 35.0 Å². The molecule has 0 bridgehead atoms. The lowest BCUT2D eigenvalue weighted by molar-refractivity contribution is -0.152. The standard InChI is InChI=1S/C20H19Cl3N2O6/c1-10(19(27)25-15-8-13(22)12(21)7-14(15)23)31-18(26)9-24-20(28)11-4-5-16(29-2)17(6-11)30-3/h4-8,10H,9H2,1-3H3,(H,24,28)(H,25,27)/t10-/m1/s1. The summed E-state index contributed by atoms with van der Waals surface area (Å²) in [5, 5.41) is 5.50. The minimum atomic E-state index is -1.16. The largest absolute Gasteiger partial charge is 0.493 e. The smallest absolute Gasteiger partial charge is 0.326 e. The minimum Gasteiger partial charge on any atom is -0.493 e. The molecule has 1 atom stereocenters. The van der Waals surface area contributed by atoms with Gasteiger partial charge in [-0.25, -0.2) is 0 Å². The van der Waals surface area contributed by atoms with E-state index >= 15 is 0 Å². The Labute approximate surface area is 193 Å². The fraction of sp³-hybridized carbons (Fsp3) is 0.250. The number of ether oxygens (including phenoxy) is 3. The molecule has 0 saturated carbocycles. The Bertz CT molecular complexity index is 999. The van der Waals surface area contributed by atoms with Gasteiger partial charge in [-0.05, 0) is 37.3 Å². The van der Waals surface area contributed by atoms with Crippen LogP contribution in [0.3, 0.4) is 0 Å². The zero-order chi connectivity index (χ0) is 23.1. The third-order valence-corrected chi connectivity index (χ3v) is 5.02. The summed E-state index contributed by atoms with van der Waals surface area (Å²) in [6, 6.07) is 7.30. The van der Waals surface area contributed by atoms with Crippen molar-refractivity contribution in [1.82, 2.24) is 5.32 Å². The van der Waals surface area contributed by atoms with E-state index in [0.717, 1.165) is 0 Å². The molecule has 2 rings (SSSR count). The summed E-state index contributed by atoms with van der Waals surface area (Å²) in [6.07, 6.45) is -1.16. The molecule has 0 aliphatic heterocycles. The lowest BCUT2D eigenvalue weighted by Crippen LogP contribution is -2.35. The number of amides is 2. The molecule has 0 aliphatic carbocycles. The topological polar surface area (TPSA) is 103 Å². The molecule has 31 heavy (non-hydrogen) atoms. The first kappa shape index (κ1) is 24.6. The first-order valence-corrected chi connectivity index (χ1v) is 9.94. The Morgan fingerprint density at radius 2 is 1.58 bits per heavy atom. The van der Waals surface area contributed by atoms with Crippen molar-refractivity contribution < 1.29 is 28.6 Å². The van der Waals surface area contributed by atoms with Crippen molar-refractivity contribution in [2.24, 2.45) is 0 Å². The Kier molecular flexibility index (Phi) is 8.79. The maximum atomic E-state index is 12.3. The molecule has 0 radical (unpaired) electrons. The van der Waals surface area contributed by atoms with E-state index in [-0.39, 0.29) is 26.3 Å². The third kappa shape index (κ3) is 6.65. The van der Waals surface area contributed by atoms with Crippen LogP contribution in [0.25, 0.3) is 0 Å². The number of nitrogens with one attached hydrogen (secondary N) is 2. The number of carbonyl (C=O) groups excluding carboxylic acids is 3. The monoisotopic (exact) mass is 488 g/mol. The molecule has 0 aromatic heterocycles. The average molecular weight is 490 g/mol. The van der Waals surface area contributed by atoms with E-state index in [1.807, 2.05) is 0 Å². The molecule has 2 N–H and O–H groups in total. The second-order valence-corrected chi connectivity index (χ2v) is 7.34. The van der Waals surface area contributed by atoms with Gasteiger partial charge in [0.25, 0.3) is 11.8 Å². The van der Waals surface area contributed by atoms with Gasteiger partial charge in [0.1, 0.15) is 6.54 Å². The number of benzene rings is 2. The molecule has 0 fully saturated rings. The summed E-state index contributed by atoms with van der Waals surface area (Å²) in [5.74, 6) is -1.15. The fourth-order valence-electron chi connectivity index (χ4n) is 2.38. The van der Waals surface area contributed by atoms with Crippen molar-refractivity contribution in [3.63, 3.8) is 0 Å². The van der Waals surface area contributed by atoms with Crippen LogP contribution in [0.5, 0.6) is 11.5 Å². The van der Waals surface area contributed by atoms with Gasteiger partial charge in [-0.1, -0.05) is 34.8 Å². The van der Waals surface area contributed by atoms with E-state index in [1.54, 1.807) is 6.07 Å². The van der Waals surface area contributed by atoms with Crippen LogP contribution in [-0.2, 0) is 14.3 Å². The van der Waals surface area contributed by atoms with Crippen LogP contribution in [0.2, 0.25) is 15.1 Å². The van der Waals surface area contributed by atoms with Crippen molar-refractivity contribution in [1.29, 1.82) is 0 Å². The van der Waals surface area contributed by atoms with Gasteiger partial charge in [0, 0.05) is 5.56 Å². The summed E-state index contributed by atoms with van der Waals surface area (Å²) >= 11 is 17.8. The summed E-state index contributed by atoms with van der Waals surface area (Å²) in [6.45, 7) is 0.924. The van der Waals surface area contributed by atoms with Crippen molar-refractivity contribution in [2.45, 2.75) is 13.0 Å². The maximum absolute atomic E-state index is 12.3. The van der Waals surface area contributed by atoms with E-state index in [2.05, 4.69) is 10.6 Å². The molecule has 0 unspecified atom stereocenters. The van der Waals surface area contributed by atoms with E-state index < -0.39 is 30.4 Å². The highest BCUT2D eigenvalue weighted by molar-refractivity contribution is 6.44. The lowest BCUT2D eigenvalue weighted by Gasteiger charge is -2.15. The van der Waals surface area contributed by atoms with Gasteiger partial charge in [-0.3, -0.25) is 14.4 Å².